The fraction of sp³-hybridized carbons (Fsp3) is 0.385. The van der Waals surface area contributed by atoms with Crippen LogP contribution in [0, 0.1) is 6.92 Å². The highest BCUT2D eigenvalue weighted by atomic mass is 32.2. The lowest BCUT2D eigenvalue weighted by molar-refractivity contribution is 0.0531. The van der Waals surface area contributed by atoms with Crippen LogP contribution < -0.4 is 20.7 Å². The highest BCUT2D eigenvalue weighted by Crippen LogP contribution is 2.28. The number of esters is 1. The molecule has 1 aliphatic rings. The minimum atomic E-state index is -3.85. The second-order valence-electron chi connectivity index (χ2n) is 9.34. The number of ether oxygens (including phenoxy) is 1. The lowest BCUT2D eigenvalue weighted by atomic mass is 10.1. The molecule has 0 bridgehead atoms. The first-order valence-corrected chi connectivity index (χ1v) is 15.2. The maximum absolute atomic E-state index is 12.3. The number of nitrogens with two attached hydrogens (primary N) is 1. The molecule has 1 aliphatic heterocycles. The van der Waals surface area contributed by atoms with Crippen LogP contribution in [-0.4, -0.2) is 74.1 Å². The molecule has 3 aromatic rings. The van der Waals surface area contributed by atoms with Gasteiger partial charge in [0.25, 0.3) is 0 Å². The van der Waals surface area contributed by atoms with Crippen LogP contribution in [0.3, 0.4) is 0 Å². The second-order valence-corrected chi connectivity index (χ2v) is 11.9. The second kappa shape index (κ2) is 12.7. The summed E-state index contributed by atoms with van der Waals surface area (Å²) in [5.74, 6) is 1.25. The Balaban J connectivity index is 1.60. The van der Waals surface area contributed by atoms with Crippen molar-refractivity contribution in [2.75, 3.05) is 55.4 Å². The molecular weight excluding hydrogens is 552 g/mol. The van der Waals surface area contributed by atoms with Gasteiger partial charge < -0.3 is 19.9 Å². The Kier molecular flexibility index (Phi) is 9.35. The zero-order chi connectivity index (χ0) is 28.9. The van der Waals surface area contributed by atoms with Crippen LogP contribution in [0.25, 0.3) is 0 Å². The van der Waals surface area contributed by atoms with E-state index in [1.165, 1.54) is 17.4 Å². The van der Waals surface area contributed by atoms with Gasteiger partial charge >= 0.3 is 5.97 Å². The van der Waals surface area contributed by atoms with Gasteiger partial charge in [-0.3, -0.25) is 5.32 Å². The highest BCUT2D eigenvalue weighted by Gasteiger charge is 2.20. The van der Waals surface area contributed by atoms with Crippen molar-refractivity contribution in [1.29, 1.82) is 0 Å². The number of thiazole rings is 1. The van der Waals surface area contributed by atoms with Crippen LogP contribution in [0.2, 0.25) is 0 Å². The molecule has 14 heteroatoms. The van der Waals surface area contributed by atoms with E-state index >= 15 is 0 Å². The molecule has 4 rings (SSSR count). The molecule has 1 aromatic carbocycles. The SMILES string of the molecule is C=CCc1cc(CNc2cc(N3CCN(C)CC3)nc(Nc3nc(C)c(C(=O)OCC)s3)n2)ccc1S(N)(=O)=O. The molecule has 0 atom stereocenters. The monoisotopic (exact) mass is 586 g/mol. The lowest BCUT2D eigenvalue weighted by Gasteiger charge is -2.33. The number of rotatable bonds is 11. The van der Waals surface area contributed by atoms with Crippen molar-refractivity contribution in [3.8, 4) is 0 Å². The van der Waals surface area contributed by atoms with E-state index in [9.17, 15) is 13.2 Å². The van der Waals surface area contributed by atoms with E-state index < -0.39 is 16.0 Å². The Morgan fingerprint density at radius 1 is 1.20 bits per heavy atom. The number of anilines is 4. The summed E-state index contributed by atoms with van der Waals surface area (Å²) in [7, 11) is -1.76. The zero-order valence-electron chi connectivity index (χ0n) is 22.8. The number of primary sulfonamides is 1. The van der Waals surface area contributed by atoms with Crippen molar-refractivity contribution >= 4 is 50.0 Å². The van der Waals surface area contributed by atoms with Gasteiger partial charge in [-0.25, -0.2) is 23.3 Å². The van der Waals surface area contributed by atoms with Gasteiger partial charge in [0.1, 0.15) is 16.5 Å². The third-order valence-electron chi connectivity index (χ3n) is 6.29. The summed E-state index contributed by atoms with van der Waals surface area (Å²) in [5.41, 5.74) is 2.00. The molecule has 0 spiro atoms. The van der Waals surface area contributed by atoms with Crippen molar-refractivity contribution in [2.45, 2.75) is 31.7 Å². The summed E-state index contributed by atoms with van der Waals surface area (Å²) >= 11 is 1.18. The summed E-state index contributed by atoms with van der Waals surface area (Å²) in [6.45, 7) is 11.3. The fourth-order valence-corrected chi connectivity index (χ4v) is 5.86. The predicted octanol–water partition coefficient (Wildman–Crippen LogP) is 2.90. The molecule has 2 aromatic heterocycles. The van der Waals surface area contributed by atoms with Gasteiger partial charge in [0.05, 0.1) is 17.2 Å². The number of aromatic nitrogens is 3. The van der Waals surface area contributed by atoms with Gasteiger partial charge in [-0.2, -0.15) is 9.97 Å². The number of carbonyl (C=O) groups excluding carboxylic acids is 1. The summed E-state index contributed by atoms with van der Waals surface area (Å²) in [4.78, 5) is 31.1. The van der Waals surface area contributed by atoms with Crippen LogP contribution in [0.5, 0.6) is 0 Å². The molecule has 214 valence electrons. The maximum atomic E-state index is 12.3. The van der Waals surface area contributed by atoms with Gasteiger partial charge in [0, 0.05) is 38.8 Å². The number of carbonyl (C=O) groups is 1. The largest absolute Gasteiger partial charge is 0.462 e. The number of piperazine rings is 1. The van der Waals surface area contributed by atoms with E-state index in [4.69, 9.17) is 14.9 Å². The van der Waals surface area contributed by atoms with E-state index in [1.54, 1.807) is 32.1 Å². The fourth-order valence-electron chi connectivity index (χ4n) is 4.24. The van der Waals surface area contributed by atoms with Crippen molar-refractivity contribution in [1.82, 2.24) is 19.9 Å². The van der Waals surface area contributed by atoms with Gasteiger partial charge in [0.15, 0.2) is 5.13 Å². The molecular formula is C26H34N8O4S2. The number of aryl methyl sites for hydroxylation is 1. The average Bonchev–Trinajstić information content (AvgIpc) is 3.27. The molecule has 1 saturated heterocycles. The summed E-state index contributed by atoms with van der Waals surface area (Å²) in [5, 5.41) is 12.3. The Morgan fingerprint density at radius 2 is 1.95 bits per heavy atom. The first-order chi connectivity index (χ1) is 19.1. The number of hydrogen-bond acceptors (Lipinski definition) is 12. The van der Waals surface area contributed by atoms with E-state index in [0.717, 1.165) is 37.6 Å². The van der Waals surface area contributed by atoms with E-state index in [1.807, 2.05) is 6.07 Å². The maximum Gasteiger partial charge on any atom is 0.350 e. The van der Waals surface area contributed by atoms with Crippen molar-refractivity contribution in [3.63, 3.8) is 0 Å². The normalized spacial score (nSPS) is 14.2. The van der Waals surface area contributed by atoms with Crippen LogP contribution in [0.1, 0.15) is 33.4 Å². The molecule has 4 N–H and O–H groups in total. The van der Waals surface area contributed by atoms with Crippen LogP contribution in [-0.2, 0) is 27.7 Å². The number of hydrogen-bond donors (Lipinski definition) is 3. The van der Waals surface area contributed by atoms with E-state index in [0.29, 0.717) is 46.0 Å². The molecule has 0 aliphatic carbocycles. The summed E-state index contributed by atoms with van der Waals surface area (Å²) < 4.78 is 29.1. The first kappa shape index (κ1) is 29.4. The van der Waals surface area contributed by atoms with Gasteiger partial charge in [-0.05, 0) is 44.5 Å². The van der Waals surface area contributed by atoms with Crippen molar-refractivity contribution in [3.05, 3.63) is 58.6 Å². The molecule has 40 heavy (non-hydrogen) atoms. The van der Waals surface area contributed by atoms with Crippen molar-refractivity contribution < 1.29 is 17.9 Å². The van der Waals surface area contributed by atoms with Gasteiger partial charge in [0.2, 0.25) is 16.0 Å². The third kappa shape index (κ3) is 7.33. The predicted molar refractivity (Wildman–Crippen MR) is 157 cm³/mol. The zero-order valence-corrected chi connectivity index (χ0v) is 24.4. The summed E-state index contributed by atoms with van der Waals surface area (Å²) in [6, 6.07) is 6.92. The average molecular weight is 587 g/mol. The number of allylic oxidation sites excluding steroid dienone is 1. The van der Waals surface area contributed by atoms with Gasteiger partial charge in [-0.1, -0.05) is 29.5 Å². The number of benzene rings is 1. The standard InChI is InChI=1S/C26H34N8O4S2/c1-5-7-19-14-18(8-9-20(19)40(27,36)37)16-28-21-15-22(34-12-10-33(4)11-13-34)31-25(30-21)32-26-29-17(3)23(39-26)24(35)38-6-2/h5,8-9,14-15H,1,6-7,10-13,16H2,2-4H3,(H2,27,36,37)(H2,28,29,30,31,32). The van der Waals surface area contributed by atoms with Crippen LogP contribution >= 0.6 is 11.3 Å². The smallest absolute Gasteiger partial charge is 0.350 e. The molecule has 0 unspecified atom stereocenters. The molecule has 0 radical (unpaired) electrons. The number of nitrogens with one attached hydrogen (secondary N) is 2. The molecule has 12 nitrogen and oxygen atoms in total. The quantitative estimate of drug-likeness (QED) is 0.224. The Labute approximate surface area is 238 Å². The highest BCUT2D eigenvalue weighted by molar-refractivity contribution is 7.89. The minimum Gasteiger partial charge on any atom is -0.462 e. The third-order valence-corrected chi connectivity index (χ3v) is 8.35. The number of sulfonamides is 1. The topological polar surface area (TPSA) is 156 Å². The molecule has 0 amide bonds. The first-order valence-electron chi connectivity index (χ1n) is 12.8. The van der Waals surface area contributed by atoms with Crippen LogP contribution in [0.4, 0.5) is 22.7 Å². The van der Waals surface area contributed by atoms with E-state index in [2.05, 4.69) is 44.0 Å². The van der Waals surface area contributed by atoms with Gasteiger partial charge in [-0.15, -0.1) is 6.58 Å². The Bertz CT molecular complexity index is 1480. The van der Waals surface area contributed by atoms with Crippen molar-refractivity contribution in [2.24, 2.45) is 5.14 Å². The number of likely N-dealkylation sites (N-methyl/N-ethyl adjacent to an activating group) is 1. The van der Waals surface area contributed by atoms with E-state index in [-0.39, 0.29) is 11.5 Å². The minimum absolute atomic E-state index is 0.0861. The Morgan fingerprint density at radius 3 is 2.62 bits per heavy atom. The van der Waals surface area contributed by atoms with Crippen LogP contribution in [0.15, 0.2) is 41.8 Å². The number of nitrogens with zero attached hydrogens (tertiary/aromatic N) is 5. The molecule has 1 fully saturated rings. The Hall–Kier alpha value is -3.59. The summed E-state index contributed by atoms with van der Waals surface area (Å²) in [6.07, 6.45) is 2.01. The molecule has 3 heterocycles. The lowest BCUT2D eigenvalue weighted by Crippen LogP contribution is -2.44. The molecule has 0 saturated carbocycles.